The van der Waals surface area contributed by atoms with Gasteiger partial charge in [-0.05, 0) is 6.32 Å². The summed E-state index contributed by atoms with van der Waals surface area (Å²) in [5.74, 6) is 0. The Morgan fingerprint density at radius 2 is 1.77 bits per heavy atom. The van der Waals surface area contributed by atoms with E-state index in [1.54, 1.807) is 0 Å². The highest BCUT2D eigenvalue weighted by Crippen LogP contribution is 2.17. The number of carbonyl (C=O) groups excluding carboxylic acids is 2. The summed E-state index contributed by atoms with van der Waals surface area (Å²) < 4.78 is 10.4. The molecule has 0 aromatic carbocycles. The van der Waals surface area contributed by atoms with Crippen LogP contribution in [0.25, 0.3) is 0 Å². The average Bonchev–Trinajstić information content (AvgIpc) is 2.57. The molecule has 5 heteroatoms. The second-order valence-corrected chi connectivity index (χ2v) is 3.05. The fourth-order valence-electron chi connectivity index (χ4n) is 1.26. The van der Waals surface area contributed by atoms with Gasteiger partial charge in [0.15, 0.2) is 0 Å². The van der Waals surface area contributed by atoms with E-state index >= 15 is 0 Å². The lowest BCUT2D eigenvalue weighted by Gasteiger charge is -2.02. The molecule has 1 saturated heterocycles. The number of unbranched alkanes of at least 4 members (excludes halogenated alkanes) is 1. The van der Waals surface area contributed by atoms with E-state index in [1.165, 1.54) is 0 Å². The van der Waals surface area contributed by atoms with E-state index in [0.717, 1.165) is 19.2 Å². The molecule has 0 unspecified atom stereocenters. The van der Waals surface area contributed by atoms with Crippen molar-refractivity contribution < 1.29 is 18.9 Å². The summed E-state index contributed by atoms with van der Waals surface area (Å²) in [5, 5.41) is 0. The largest absolute Gasteiger partial charge is 0.458 e. The summed E-state index contributed by atoms with van der Waals surface area (Å²) in [4.78, 5) is 20.9. The fourth-order valence-corrected chi connectivity index (χ4v) is 1.26. The van der Waals surface area contributed by atoms with E-state index in [2.05, 4.69) is 6.92 Å². The van der Waals surface area contributed by atoms with Crippen molar-refractivity contribution in [3.63, 3.8) is 0 Å². The number of carbonyl (C=O) groups is 2. The molecule has 1 aliphatic heterocycles. The molecule has 4 nitrogen and oxygen atoms in total. The zero-order valence-corrected chi connectivity index (χ0v) is 7.64. The third-order valence-electron chi connectivity index (χ3n) is 2.00. The highest BCUT2D eigenvalue weighted by atomic mass is 16.7. The van der Waals surface area contributed by atoms with Gasteiger partial charge in [-0.3, -0.25) is 0 Å². The molecule has 13 heavy (non-hydrogen) atoms. The quantitative estimate of drug-likeness (QED) is 0.460. The smallest absolute Gasteiger partial charge is 0.398 e. The molecule has 0 amide bonds. The highest BCUT2D eigenvalue weighted by molar-refractivity contribution is 6.45. The van der Waals surface area contributed by atoms with Crippen molar-refractivity contribution in [3.05, 3.63) is 0 Å². The molecular formula is C8H13BO4. The lowest BCUT2D eigenvalue weighted by molar-refractivity contribution is -0.121. The molecule has 0 aliphatic carbocycles. The van der Waals surface area contributed by atoms with E-state index in [0.29, 0.717) is 12.6 Å². The highest BCUT2D eigenvalue weighted by Gasteiger charge is 2.38. The van der Waals surface area contributed by atoms with Gasteiger partial charge in [0.05, 0.1) is 0 Å². The van der Waals surface area contributed by atoms with Crippen molar-refractivity contribution in [2.45, 2.75) is 38.3 Å². The average molecular weight is 184 g/mol. The minimum atomic E-state index is -0.709. The van der Waals surface area contributed by atoms with Crippen LogP contribution in [0.3, 0.4) is 0 Å². The van der Waals surface area contributed by atoms with E-state index in [4.69, 9.17) is 9.31 Å². The molecule has 0 bridgehead atoms. The van der Waals surface area contributed by atoms with Gasteiger partial charge >= 0.3 is 7.12 Å². The molecule has 72 valence electrons. The Balaban J connectivity index is 2.38. The van der Waals surface area contributed by atoms with Gasteiger partial charge in [-0.2, -0.15) is 0 Å². The Bertz CT molecular complexity index is 169. The van der Waals surface area contributed by atoms with E-state index in [-0.39, 0.29) is 7.12 Å². The summed E-state index contributed by atoms with van der Waals surface area (Å²) in [5.41, 5.74) is 0. The molecule has 1 rings (SSSR count). The second-order valence-electron chi connectivity index (χ2n) is 3.05. The van der Waals surface area contributed by atoms with Gasteiger partial charge in [0.25, 0.3) is 0 Å². The molecule has 0 saturated carbocycles. The first-order chi connectivity index (χ1) is 6.31. The minimum Gasteiger partial charge on any atom is -0.398 e. The van der Waals surface area contributed by atoms with Crippen molar-refractivity contribution >= 4 is 19.7 Å². The first-order valence-corrected chi connectivity index (χ1v) is 4.53. The monoisotopic (exact) mass is 184 g/mol. The maximum atomic E-state index is 10.4. The molecule has 0 spiro atoms. The predicted octanol–water partition coefficient (Wildman–Crippen LogP) is 0.456. The zero-order valence-electron chi connectivity index (χ0n) is 7.64. The zero-order chi connectivity index (χ0) is 9.68. The van der Waals surface area contributed by atoms with Crippen LogP contribution in [-0.2, 0) is 18.9 Å². The molecule has 0 aromatic heterocycles. The third-order valence-corrected chi connectivity index (χ3v) is 2.00. The summed E-state index contributed by atoms with van der Waals surface area (Å²) in [7, 11) is -0.384. The maximum Gasteiger partial charge on any atom is 0.458 e. The molecule has 1 fully saturated rings. The van der Waals surface area contributed by atoms with Crippen molar-refractivity contribution in [3.8, 4) is 0 Å². The number of rotatable bonds is 5. The molecule has 0 radical (unpaired) electrons. The van der Waals surface area contributed by atoms with Gasteiger partial charge in [-0.15, -0.1) is 0 Å². The first-order valence-electron chi connectivity index (χ1n) is 4.53. The Kier molecular flexibility index (Phi) is 4.11. The molecule has 0 aromatic rings. The Hall–Kier alpha value is -0.675. The topological polar surface area (TPSA) is 52.6 Å². The molecular weight excluding hydrogens is 171 g/mol. The maximum absolute atomic E-state index is 10.4. The summed E-state index contributed by atoms with van der Waals surface area (Å²) in [6.45, 7) is 2.06. The Morgan fingerprint density at radius 1 is 1.23 bits per heavy atom. The van der Waals surface area contributed by atoms with Crippen LogP contribution in [0.15, 0.2) is 0 Å². The van der Waals surface area contributed by atoms with Gasteiger partial charge in [0.2, 0.25) is 0 Å². The second kappa shape index (κ2) is 5.14. The lowest BCUT2D eigenvalue weighted by Crippen LogP contribution is -2.24. The summed E-state index contributed by atoms with van der Waals surface area (Å²) in [6.07, 6.45) is 2.57. The van der Waals surface area contributed by atoms with Gasteiger partial charge in [0.1, 0.15) is 24.8 Å². The number of hydrogen-bond acceptors (Lipinski definition) is 4. The van der Waals surface area contributed by atoms with Crippen molar-refractivity contribution in [1.29, 1.82) is 0 Å². The molecule has 2 atom stereocenters. The van der Waals surface area contributed by atoms with Gasteiger partial charge in [0, 0.05) is 0 Å². The van der Waals surface area contributed by atoms with Crippen LogP contribution >= 0.6 is 0 Å². The molecule has 0 N–H and O–H groups in total. The van der Waals surface area contributed by atoms with Crippen molar-refractivity contribution in [1.82, 2.24) is 0 Å². The van der Waals surface area contributed by atoms with Gasteiger partial charge in [-0.1, -0.05) is 19.8 Å². The van der Waals surface area contributed by atoms with Crippen LogP contribution in [-0.4, -0.2) is 31.9 Å². The predicted molar refractivity (Wildman–Crippen MR) is 47.3 cm³/mol. The SMILES string of the molecule is CCCCB1O[C@@H](C=O)[C@H](C=O)O1. The summed E-state index contributed by atoms with van der Waals surface area (Å²) in [6, 6.07) is 0. The number of hydrogen-bond donors (Lipinski definition) is 0. The first kappa shape index (κ1) is 10.4. The van der Waals surface area contributed by atoms with E-state index in [1.807, 2.05) is 0 Å². The van der Waals surface area contributed by atoms with Crippen molar-refractivity contribution in [2.75, 3.05) is 0 Å². The van der Waals surface area contributed by atoms with E-state index in [9.17, 15) is 9.59 Å². The number of aldehydes is 2. The molecule has 1 heterocycles. The van der Waals surface area contributed by atoms with E-state index < -0.39 is 12.2 Å². The van der Waals surface area contributed by atoms with Gasteiger partial charge < -0.3 is 18.9 Å². The van der Waals surface area contributed by atoms with Crippen LogP contribution in [0.4, 0.5) is 0 Å². The lowest BCUT2D eigenvalue weighted by atomic mass is 9.83. The van der Waals surface area contributed by atoms with Crippen LogP contribution in [0.1, 0.15) is 19.8 Å². The summed E-state index contributed by atoms with van der Waals surface area (Å²) >= 11 is 0. The molecule has 1 aliphatic rings. The fraction of sp³-hybridized carbons (Fsp3) is 0.750. The minimum absolute atomic E-state index is 0.384. The van der Waals surface area contributed by atoms with Crippen molar-refractivity contribution in [2.24, 2.45) is 0 Å². The van der Waals surface area contributed by atoms with Crippen LogP contribution in [0, 0.1) is 0 Å². The van der Waals surface area contributed by atoms with Crippen LogP contribution in [0.2, 0.25) is 6.32 Å². The normalized spacial score (nSPS) is 27.6. The standard InChI is InChI=1S/C8H13BO4/c1-2-3-4-9-12-7(5-10)8(6-11)13-9/h5-8H,2-4H2,1H3/t7-,8-/m0/s1. The Morgan fingerprint density at radius 3 is 2.15 bits per heavy atom. The van der Waals surface area contributed by atoms with Gasteiger partial charge in [-0.25, -0.2) is 0 Å². The van der Waals surface area contributed by atoms with Crippen LogP contribution < -0.4 is 0 Å². The van der Waals surface area contributed by atoms with Crippen LogP contribution in [0.5, 0.6) is 0 Å². The Labute approximate surface area is 77.7 Å². The third kappa shape index (κ3) is 2.64.